The van der Waals surface area contributed by atoms with Crippen LogP contribution in [-0.4, -0.2) is 48.0 Å². The van der Waals surface area contributed by atoms with E-state index in [0.29, 0.717) is 6.54 Å². The molecule has 5 unspecified atom stereocenters. The summed E-state index contributed by atoms with van der Waals surface area (Å²) < 4.78 is 15.6. The van der Waals surface area contributed by atoms with Crippen molar-refractivity contribution in [1.29, 1.82) is 0 Å². The van der Waals surface area contributed by atoms with Crippen molar-refractivity contribution >= 4 is 22.5 Å². The number of halogens is 1. The van der Waals surface area contributed by atoms with E-state index >= 15 is 4.39 Å². The summed E-state index contributed by atoms with van der Waals surface area (Å²) in [4.78, 5) is 17.1. The van der Waals surface area contributed by atoms with E-state index in [1.807, 2.05) is 30.3 Å². The molecular formula is C22H30FN7O. The fourth-order valence-corrected chi connectivity index (χ4v) is 5.27. The number of rotatable bonds is 4. The van der Waals surface area contributed by atoms with Gasteiger partial charge in [0.15, 0.2) is 0 Å². The van der Waals surface area contributed by atoms with Crippen LogP contribution in [0, 0.1) is 11.8 Å². The van der Waals surface area contributed by atoms with Crippen LogP contribution in [-0.2, 0) is 4.79 Å². The molecule has 2 aliphatic heterocycles. The van der Waals surface area contributed by atoms with E-state index in [1.165, 1.54) is 0 Å². The number of nitrogens with one attached hydrogen (secondary N) is 5. The second-order valence-corrected chi connectivity index (χ2v) is 8.87. The number of nitrogens with zero attached hydrogens (tertiary/aromatic N) is 1. The molecule has 7 N–H and O–H groups in total. The van der Waals surface area contributed by atoms with Gasteiger partial charge in [0.05, 0.1) is 23.8 Å². The van der Waals surface area contributed by atoms with Crippen LogP contribution in [0.2, 0.25) is 0 Å². The summed E-state index contributed by atoms with van der Waals surface area (Å²) in [5.41, 5.74) is 13.5. The van der Waals surface area contributed by atoms with Crippen molar-refractivity contribution in [1.82, 2.24) is 26.5 Å². The zero-order valence-electron chi connectivity index (χ0n) is 17.4. The lowest BCUT2D eigenvalue weighted by molar-refractivity contribution is -0.136. The summed E-state index contributed by atoms with van der Waals surface area (Å²) in [6.45, 7) is 0.378. The number of nitrogens with two attached hydrogens (primary N) is 1. The van der Waals surface area contributed by atoms with Gasteiger partial charge in [-0.05, 0) is 37.1 Å². The maximum Gasteiger partial charge on any atom is 0.241 e. The number of benzene rings is 1. The van der Waals surface area contributed by atoms with Crippen LogP contribution >= 0.6 is 0 Å². The summed E-state index contributed by atoms with van der Waals surface area (Å²) >= 11 is 0. The lowest BCUT2D eigenvalue weighted by Crippen LogP contribution is -2.73. The highest BCUT2D eigenvalue weighted by Gasteiger charge is 2.50. The van der Waals surface area contributed by atoms with Gasteiger partial charge in [0, 0.05) is 41.8 Å². The lowest BCUT2D eigenvalue weighted by Gasteiger charge is -2.48. The molecule has 31 heavy (non-hydrogen) atoms. The summed E-state index contributed by atoms with van der Waals surface area (Å²) in [6, 6.07) is 9.78. The SMILES string of the molecule is N[C@H]1CCCC[C@H]1NC1NC(Nc2cccc3ncccc23)C2C(=O)NNCC2C1F. The smallest absolute Gasteiger partial charge is 0.241 e. The molecule has 5 rings (SSSR count). The number of amides is 1. The number of aromatic nitrogens is 1. The van der Waals surface area contributed by atoms with E-state index in [0.717, 1.165) is 42.3 Å². The maximum atomic E-state index is 15.6. The molecule has 3 heterocycles. The van der Waals surface area contributed by atoms with Gasteiger partial charge in [0.2, 0.25) is 5.91 Å². The third-order valence-corrected chi connectivity index (χ3v) is 6.93. The van der Waals surface area contributed by atoms with Crippen LogP contribution in [0.15, 0.2) is 36.5 Å². The van der Waals surface area contributed by atoms with Gasteiger partial charge in [-0.3, -0.25) is 25.8 Å². The quantitative estimate of drug-likeness (QED) is 0.431. The van der Waals surface area contributed by atoms with Crippen LogP contribution in [0.3, 0.4) is 0 Å². The third kappa shape index (κ3) is 3.98. The fraction of sp³-hybridized carbons (Fsp3) is 0.545. The number of alkyl halides is 1. The number of hydrazine groups is 1. The summed E-state index contributed by atoms with van der Waals surface area (Å²) in [6.07, 6.45) is 3.59. The zero-order chi connectivity index (χ0) is 21.4. The third-order valence-electron chi connectivity index (χ3n) is 6.93. The zero-order valence-corrected chi connectivity index (χ0v) is 17.4. The number of fused-ring (bicyclic) bond motifs is 2. The van der Waals surface area contributed by atoms with Gasteiger partial charge < -0.3 is 11.1 Å². The molecule has 1 amide bonds. The Morgan fingerprint density at radius 2 is 2.00 bits per heavy atom. The number of hydrogen-bond acceptors (Lipinski definition) is 7. The second kappa shape index (κ2) is 8.66. The first-order valence-electron chi connectivity index (χ1n) is 11.2. The van der Waals surface area contributed by atoms with Crippen LogP contribution in [0.5, 0.6) is 0 Å². The van der Waals surface area contributed by atoms with Crippen molar-refractivity contribution in [2.24, 2.45) is 17.6 Å². The fourth-order valence-electron chi connectivity index (χ4n) is 5.27. The maximum absolute atomic E-state index is 15.6. The first-order chi connectivity index (χ1) is 15.1. The molecule has 3 fully saturated rings. The molecule has 166 valence electrons. The molecule has 8 nitrogen and oxygen atoms in total. The molecule has 1 aromatic heterocycles. The molecule has 9 heteroatoms. The van der Waals surface area contributed by atoms with Crippen LogP contribution in [0.4, 0.5) is 10.1 Å². The first-order valence-corrected chi connectivity index (χ1v) is 11.2. The minimum atomic E-state index is -1.22. The van der Waals surface area contributed by atoms with E-state index in [4.69, 9.17) is 5.73 Å². The monoisotopic (exact) mass is 427 g/mol. The van der Waals surface area contributed by atoms with Crippen LogP contribution in [0.1, 0.15) is 25.7 Å². The van der Waals surface area contributed by atoms with Crippen molar-refractivity contribution < 1.29 is 9.18 Å². The molecule has 2 aromatic rings. The van der Waals surface area contributed by atoms with Crippen molar-refractivity contribution in [3.05, 3.63) is 36.5 Å². The molecule has 0 bridgehead atoms. The predicted octanol–water partition coefficient (Wildman–Crippen LogP) is 0.967. The number of anilines is 1. The van der Waals surface area contributed by atoms with Crippen molar-refractivity contribution in [3.63, 3.8) is 0 Å². The number of carbonyl (C=O) groups excluding carboxylic acids is 1. The van der Waals surface area contributed by atoms with Crippen molar-refractivity contribution in [2.75, 3.05) is 11.9 Å². The topological polar surface area (TPSA) is 116 Å². The summed E-state index contributed by atoms with van der Waals surface area (Å²) in [5.74, 6) is -1.23. The molecule has 0 radical (unpaired) electrons. The summed E-state index contributed by atoms with van der Waals surface area (Å²) in [7, 11) is 0. The highest BCUT2D eigenvalue weighted by Crippen LogP contribution is 2.33. The van der Waals surface area contributed by atoms with Gasteiger partial charge in [0.25, 0.3) is 0 Å². The molecule has 0 spiro atoms. The Labute approximate surface area is 180 Å². The van der Waals surface area contributed by atoms with E-state index in [9.17, 15) is 4.79 Å². The Bertz CT molecular complexity index is 938. The minimum absolute atomic E-state index is 0.0174. The number of hydrogen-bond donors (Lipinski definition) is 6. The van der Waals surface area contributed by atoms with Crippen molar-refractivity contribution in [2.45, 2.75) is 56.3 Å². The standard InChI is InChI=1S/C22H30FN7O/c23-19-13-11-26-30-22(31)18(13)20(29-21(19)28-17-7-2-1-6-14(17)24)27-16-9-3-8-15-12(16)5-4-10-25-15/h3-5,8-10,13-14,17-21,26-29H,1-2,6-7,11,24H2,(H,30,31)/t13?,14-,17+,18?,19?,20?,21?/m0/s1. The van der Waals surface area contributed by atoms with E-state index < -0.39 is 30.3 Å². The Morgan fingerprint density at radius 1 is 1.13 bits per heavy atom. The lowest BCUT2D eigenvalue weighted by atomic mass is 9.79. The van der Waals surface area contributed by atoms with Gasteiger partial charge in [-0.25, -0.2) is 9.82 Å². The van der Waals surface area contributed by atoms with Crippen molar-refractivity contribution in [3.8, 4) is 0 Å². The van der Waals surface area contributed by atoms with Gasteiger partial charge in [-0.2, -0.15) is 0 Å². The van der Waals surface area contributed by atoms with Gasteiger partial charge in [-0.1, -0.05) is 18.9 Å². The number of carbonyl (C=O) groups is 1. The second-order valence-electron chi connectivity index (χ2n) is 8.87. The predicted molar refractivity (Wildman–Crippen MR) is 117 cm³/mol. The van der Waals surface area contributed by atoms with Crippen LogP contribution in [0.25, 0.3) is 10.9 Å². The summed E-state index contributed by atoms with van der Waals surface area (Å²) in [5, 5.41) is 11.2. The number of piperidine rings is 1. The Kier molecular flexibility index (Phi) is 5.75. The van der Waals surface area contributed by atoms with E-state index in [-0.39, 0.29) is 18.0 Å². The molecule has 7 atom stereocenters. The van der Waals surface area contributed by atoms with Crippen LogP contribution < -0.4 is 32.5 Å². The molecule has 1 saturated carbocycles. The average Bonchev–Trinajstić information content (AvgIpc) is 2.78. The molecular weight excluding hydrogens is 397 g/mol. The minimum Gasteiger partial charge on any atom is -0.368 e. The van der Waals surface area contributed by atoms with Gasteiger partial charge in [0.1, 0.15) is 6.17 Å². The molecule has 1 aromatic carbocycles. The van der Waals surface area contributed by atoms with Gasteiger partial charge >= 0.3 is 0 Å². The Balaban J connectivity index is 1.42. The normalized spacial score (nSPS) is 35.9. The van der Waals surface area contributed by atoms with E-state index in [1.54, 1.807) is 6.20 Å². The first kappa shape index (κ1) is 20.6. The average molecular weight is 428 g/mol. The van der Waals surface area contributed by atoms with Gasteiger partial charge in [-0.15, -0.1) is 0 Å². The molecule has 1 aliphatic carbocycles. The Hall–Kier alpha value is -2.33. The highest BCUT2D eigenvalue weighted by molar-refractivity contribution is 5.91. The molecule has 3 aliphatic rings. The molecule has 2 saturated heterocycles. The Morgan fingerprint density at radius 3 is 2.87 bits per heavy atom. The highest BCUT2D eigenvalue weighted by atomic mass is 19.1. The largest absolute Gasteiger partial charge is 0.368 e. The number of pyridine rings is 1. The van der Waals surface area contributed by atoms with E-state index in [2.05, 4.69) is 31.8 Å².